The van der Waals surface area contributed by atoms with E-state index >= 15 is 0 Å². The molecule has 4 nitrogen and oxygen atoms in total. The van der Waals surface area contributed by atoms with Crippen LogP contribution in [0.2, 0.25) is 0 Å². The second kappa shape index (κ2) is 5.29. The maximum absolute atomic E-state index is 11.8. The number of hydrogen-bond acceptors (Lipinski definition) is 4. The summed E-state index contributed by atoms with van der Waals surface area (Å²) in [5, 5.41) is 19.2. The van der Waals surface area contributed by atoms with Gasteiger partial charge in [-0.3, -0.25) is 0 Å². The van der Waals surface area contributed by atoms with Crippen molar-refractivity contribution in [2.75, 3.05) is 0 Å². The van der Waals surface area contributed by atoms with Crippen molar-refractivity contribution >= 4 is 5.97 Å². The summed E-state index contributed by atoms with van der Waals surface area (Å²) in [6.45, 7) is 0. The number of ether oxygens (including phenoxy) is 1. The lowest BCUT2D eigenvalue weighted by Gasteiger charge is -2.31. The quantitative estimate of drug-likeness (QED) is 0.755. The van der Waals surface area contributed by atoms with E-state index in [-0.39, 0.29) is 0 Å². The van der Waals surface area contributed by atoms with Crippen LogP contribution in [0.25, 0.3) is 0 Å². The summed E-state index contributed by atoms with van der Waals surface area (Å²) in [5.41, 5.74) is 0.458. The molecular weight excluding hydrogens is 220 g/mol. The number of benzene rings is 1. The summed E-state index contributed by atoms with van der Waals surface area (Å²) in [4.78, 5) is 11.8. The lowest BCUT2D eigenvalue weighted by molar-refractivity contribution is -0.0923. The van der Waals surface area contributed by atoms with Crippen LogP contribution >= 0.6 is 0 Å². The molecule has 0 bridgehead atoms. The van der Waals surface area contributed by atoms with Gasteiger partial charge in [-0.05, 0) is 31.4 Å². The fourth-order valence-electron chi connectivity index (χ4n) is 2.03. The third-order valence-electron chi connectivity index (χ3n) is 3.03. The van der Waals surface area contributed by atoms with Gasteiger partial charge < -0.3 is 14.9 Å². The minimum atomic E-state index is -0.976. The zero-order valence-corrected chi connectivity index (χ0v) is 9.45. The second-order valence-electron chi connectivity index (χ2n) is 4.30. The van der Waals surface area contributed by atoms with Gasteiger partial charge in [0.1, 0.15) is 12.2 Å². The van der Waals surface area contributed by atoms with Crippen molar-refractivity contribution in [1.29, 1.82) is 0 Å². The maximum Gasteiger partial charge on any atom is 0.338 e. The molecular formula is C13H16O4. The molecule has 1 aliphatic carbocycles. The van der Waals surface area contributed by atoms with Gasteiger partial charge in [0.05, 0.1) is 11.7 Å². The smallest absolute Gasteiger partial charge is 0.338 e. The highest BCUT2D eigenvalue weighted by Gasteiger charge is 2.33. The Morgan fingerprint density at radius 2 is 1.88 bits per heavy atom. The van der Waals surface area contributed by atoms with Crippen LogP contribution in [0.15, 0.2) is 30.3 Å². The number of carbonyl (C=O) groups excluding carboxylic acids is 1. The Labute approximate surface area is 99.8 Å². The number of rotatable bonds is 2. The van der Waals surface area contributed by atoms with E-state index in [1.165, 1.54) is 0 Å². The molecule has 2 rings (SSSR count). The van der Waals surface area contributed by atoms with Crippen LogP contribution in [0, 0.1) is 0 Å². The molecule has 0 saturated heterocycles. The molecule has 0 aromatic heterocycles. The predicted molar refractivity (Wildman–Crippen MR) is 61.5 cm³/mol. The summed E-state index contributed by atoms with van der Waals surface area (Å²) < 4.78 is 5.21. The molecule has 2 N–H and O–H groups in total. The summed E-state index contributed by atoms with van der Waals surface area (Å²) in [7, 11) is 0. The molecule has 1 aliphatic rings. The van der Waals surface area contributed by atoms with E-state index in [9.17, 15) is 15.0 Å². The monoisotopic (exact) mass is 236 g/mol. The first-order chi connectivity index (χ1) is 8.18. The van der Waals surface area contributed by atoms with E-state index in [4.69, 9.17) is 4.74 Å². The average molecular weight is 236 g/mol. The van der Waals surface area contributed by atoms with Crippen LogP contribution in [0.1, 0.15) is 29.6 Å². The molecule has 0 aliphatic heterocycles. The van der Waals surface area contributed by atoms with Crippen LogP contribution < -0.4 is 0 Å². The van der Waals surface area contributed by atoms with E-state index in [1.807, 2.05) is 6.07 Å². The molecule has 0 unspecified atom stereocenters. The first-order valence-electron chi connectivity index (χ1n) is 5.80. The van der Waals surface area contributed by atoms with Gasteiger partial charge in [-0.25, -0.2) is 4.79 Å². The largest absolute Gasteiger partial charge is 0.456 e. The molecule has 1 aromatic rings. The van der Waals surface area contributed by atoms with Gasteiger partial charge in [0.2, 0.25) is 0 Å². The van der Waals surface area contributed by atoms with Crippen molar-refractivity contribution in [1.82, 2.24) is 0 Å². The zero-order chi connectivity index (χ0) is 12.3. The summed E-state index contributed by atoms with van der Waals surface area (Å²) >= 11 is 0. The first-order valence-corrected chi connectivity index (χ1v) is 5.80. The maximum atomic E-state index is 11.8. The van der Waals surface area contributed by atoms with Crippen molar-refractivity contribution in [3.05, 3.63) is 35.9 Å². The SMILES string of the molecule is O=C(O[C@@H]1CCC[C@@H](O)[C@H]1O)c1ccccc1. The molecule has 1 aromatic carbocycles. The Hall–Kier alpha value is -1.39. The lowest BCUT2D eigenvalue weighted by atomic mass is 9.92. The summed E-state index contributed by atoms with van der Waals surface area (Å²) in [6, 6.07) is 8.64. The number of carbonyl (C=O) groups is 1. The van der Waals surface area contributed by atoms with E-state index in [1.54, 1.807) is 24.3 Å². The van der Waals surface area contributed by atoms with Crippen molar-refractivity contribution in [3.63, 3.8) is 0 Å². The molecule has 17 heavy (non-hydrogen) atoms. The lowest BCUT2D eigenvalue weighted by Crippen LogP contribution is -2.43. The topological polar surface area (TPSA) is 66.8 Å². The third kappa shape index (κ3) is 2.84. The molecule has 1 fully saturated rings. The molecule has 92 valence electrons. The Morgan fingerprint density at radius 3 is 2.59 bits per heavy atom. The fourth-order valence-corrected chi connectivity index (χ4v) is 2.03. The molecule has 3 atom stereocenters. The van der Waals surface area contributed by atoms with E-state index in [0.717, 1.165) is 6.42 Å². The van der Waals surface area contributed by atoms with Crippen molar-refractivity contribution in [2.45, 2.75) is 37.6 Å². The van der Waals surface area contributed by atoms with Gasteiger partial charge in [0.15, 0.2) is 0 Å². The van der Waals surface area contributed by atoms with Crippen molar-refractivity contribution in [3.8, 4) is 0 Å². The Bertz CT molecular complexity index is 376. The summed E-state index contributed by atoms with van der Waals surface area (Å²) in [5.74, 6) is -0.455. The van der Waals surface area contributed by atoms with Crippen LogP contribution in [-0.4, -0.2) is 34.5 Å². The molecule has 0 radical (unpaired) electrons. The second-order valence-corrected chi connectivity index (χ2v) is 4.30. The van der Waals surface area contributed by atoms with E-state index < -0.39 is 24.3 Å². The Balaban J connectivity index is 1.99. The average Bonchev–Trinajstić information content (AvgIpc) is 2.36. The fraction of sp³-hybridized carbons (Fsp3) is 0.462. The van der Waals surface area contributed by atoms with Gasteiger partial charge in [-0.2, -0.15) is 0 Å². The van der Waals surface area contributed by atoms with Crippen molar-refractivity contribution < 1.29 is 19.7 Å². The number of hydrogen-bond donors (Lipinski definition) is 2. The predicted octanol–water partition coefficient (Wildman–Crippen LogP) is 1.12. The third-order valence-corrected chi connectivity index (χ3v) is 3.03. The van der Waals surface area contributed by atoms with Crippen LogP contribution in [0.5, 0.6) is 0 Å². The Morgan fingerprint density at radius 1 is 1.18 bits per heavy atom. The minimum absolute atomic E-state index is 0.455. The molecule has 0 amide bonds. The molecule has 4 heteroatoms. The van der Waals surface area contributed by atoms with Gasteiger partial charge in [0, 0.05) is 0 Å². The van der Waals surface area contributed by atoms with Gasteiger partial charge in [-0.1, -0.05) is 18.2 Å². The van der Waals surface area contributed by atoms with Gasteiger partial charge >= 0.3 is 5.97 Å². The number of esters is 1. The molecule has 0 heterocycles. The van der Waals surface area contributed by atoms with Gasteiger partial charge in [-0.15, -0.1) is 0 Å². The van der Waals surface area contributed by atoms with Crippen LogP contribution in [-0.2, 0) is 4.74 Å². The summed E-state index contributed by atoms with van der Waals surface area (Å²) in [6.07, 6.45) is -0.470. The van der Waals surface area contributed by atoms with Crippen molar-refractivity contribution in [2.24, 2.45) is 0 Å². The Kier molecular flexibility index (Phi) is 3.76. The first kappa shape index (κ1) is 12.1. The molecule has 0 spiro atoms. The molecule has 1 saturated carbocycles. The van der Waals surface area contributed by atoms with Crippen LogP contribution in [0.3, 0.4) is 0 Å². The normalized spacial score (nSPS) is 28.7. The van der Waals surface area contributed by atoms with Crippen LogP contribution in [0.4, 0.5) is 0 Å². The number of aliphatic hydroxyl groups excluding tert-OH is 2. The van der Waals surface area contributed by atoms with E-state index in [2.05, 4.69) is 0 Å². The highest BCUT2D eigenvalue weighted by atomic mass is 16.6. The standard InChI is InChI=1S/C13H16O4/c14-10-7-4-8-11(12(10)15)17-13(16)9-5-2-1-3-6-9/h1-3,5-6,10-12,14-15H,4,7-8H2/t10-,11-,12-/m1/s1. The van der Waals surface area contributed by atoms with Gasteiger partial charge in [0.25, 0.3) is 0 Å². The minimum Gasteiger partial charge on any atom is -0.456 e. The highest BCUT2D eigenvalue weighted by molar-refractivity contribution is 5.89. The number of aliphatic hydroxyl groups is 2. The van der Waals surface area contributed by atoms with E-state index in [0.29, 0.717) is 18.4 Å². The highest BCUT2D eigenvalue weighted by Crippen LogP contribution is 2.22. The zero-order valence-electron chi connectivity index (χ0n) is 9.45.